The van der Waals surface area contributed by atoms with Gasteiger partial charge in [0.15, 0.2) is 0 Å². The van der Waals surface area contributed by atoms with E-state index in [1.807, 2.05) is 65.0 Å². The van der Waals surface area contributed by atoms with Crippen LogP contribution in [0, 0.1) is 5.92 Å². The first-order valence-corrected chi connectivity index (χ1v) is 9.13. The smallest absolute Gasteiger partial charge is 0.407 e. The number of carbonyl (C=O) groups excluding carboxylic acids is 2. The maximum absolute atomic E-state index is 12.4. The molecule has 0 aliphatic carbocycles. The van der Waals surface area contributed by atoms with E-state index in [2.05, 4.69) is 10.6 Å². The molecule has 26 heavy (non-hydrogen) atoms. The van der Waals surface area contributed by atoms with E-state index < -0.39 is 17.7 Å². The monoisotopic (exact) mass is 364 g/mol. The molecule has 6 nitrogen and oxygen atoms in total. The van der Waals surface area contributed by atoms with E-state index in [4.69, 9.17) is 9.47 Å². The summed E-state index contributed by atoms with van der Waals surface area (Å²) in [5.74, 6) is -0.153. The van der Waals surface area contributed by atoms with Gasteiger partial charge in [0.25, 0.3) is 0 Å². The number of hydrogen-bond donors (Lipinski definition) is 2. The van der Waals surface area contributed by atoms with Crippen LogP contribution in [0.3, 0.4) is 0 Å². The molecule has 0 radical (unpaired) electrons. The van der Waals surface area contributed by atoms with Crippen LogP contribution in [0.5, 0.6) is 0 Å². The van der Waals surface area contributed by atoms with E-state index in [1.165, 1.54) is 0 Å². The normalized spacial score (nSPS) is 13.6. The Morgan fingerprint density at radius 3 is 2.35 bits per heavy atom. The minimum atomic E-state index is -0.530. The van der Waals surface area contributed by atoms with Crippen molar-refractivity contribution in [3.8, 4) is 0 Å². The molecule has 0 aliphatic rings. The highest BCUT2D eigenvalue weighted by molar-refractivity contribution is 5.76. The van der Waals surface area contributed by atoms with Crippen LogP contribution in [0.1, 0.15) is 46.6 Å². The Kier molecular flexibility index (Phi) is 9.13. The van der Waals surface area contributed by atoms with Crippen LogP contribution >= 0.6 is 0 Å². The maximum atomic E-state index is 12.4. The van der Waals surface area contributed by atoms with Gasteiger partial charge >= 0.3 is 12.1 Å². The van der Waals surface area contributed by atoms with Crippen LogP contribution in [0.15, 0.2) is 30.3 Å². The fourth-order valence-corrected chi connectivity index (χ4v) is 2.28. The van der Waals surface area contributed by atoms with Gasteiger partial charge in [-0.2, -0.15) is 0 Å². The van der Waals surface area contributed by atoms with E-state index in [-0.39, 0.29) is 18.5 Å². The first kappa shape index (κ1) is 22.0. The third-order valence-electron chi connectivity index (χ3n) is 3.85. The first-order chi connectivity index (χ1) is 12.2. The zero-order valence-corrected chi connectivity index (χ0v) is 16.5. The minimum absolute atomic E-state index is 0.125. The van der Waals surface area contributed by atoms with Crippen LogP contribution in [-0.2, 0) is 20.9 Å². The molecule has 1 amide bonds. The Balaban J connectivity index is 2.43. The van der Waals surface area contributed by atoms with E-state index >= 15 is 0 Å². The molecule has 0 saturated carbocycles. The standard InChI is InChI=1S/C20H32N2O4/c1-6-15(2)17(18(23)25-14-16-10-8-7-9-11-16)21-12-13-22-19(24)26-20(3,4)5/h7-11,15,17,21H,6,12-14H2,1-5H3,(H,22,24)/t15-,17-/m0/s1. The second-order valence-corrected chi connectivity index (χ2v) is 7.34. The van der Waals surface area contributed by atoms with Crippen molar-refractivity contribution in [3.63, 3.8) is 0 Å². The quantitative estimate of drug-likeness (QED) is 0.519. The Bertz CT molecular complexity index is 555. The van der Waals surface area contributed by atoms with Gasteiger partial charge < -0.3 is 20.1 Å². The number of esters is 1. The van der Waals surface area contributed by atoms with Gasteiger partial charge in [-0.25, -0.2) is 4.79 Å². The molecule has 0 bridgehead atoms. The fraction of sp³-hybridized carbons (Fsp3) is 0.600. The van der Waals surface area contributed by atoms with Crippen LogP contribution in [-0.4, -0.2) is 36.8 Å². The van der Waals surface area contributed by atoms with Crippen molar-refractivity contribution in [2.45, 2.75) is 59.3 Å². The predicted octanol–water partition coefficient (Wildman–Crippen LogP) is 3.26. The van der Waals surface area contributed by atoms with Crippen molar-refractivity contribution in [1.29, 1.82) is 0 Å². The number of nitrogens with one attached hydrogen (secondary N) is 2. The number of benzene rings is 1. The summed E-state index contributed by atoms with van der Waals surface area (Å²) in [6.45, 7) is 10.5. The molecule has 0 saturated heterocycles. The average molecular weight is 364 g/mol. The average Bonchev–Trinajstić information content (AvgIpc) is 2.58. The molecular formula is C20H32N2O4. The lowest BCUT2D eigenvalue weighted by Gasteiger charge is -2.23. The summed E-state index contributed by atoms with van der Waals surface area (Å²) in [7, 11) is 0. The molecule has 0 fully saturated rings. The molecule has 2 N–H and O–H groups in total. The van der Waals surface area contributed by atoms with Crippen molar-refractivity contribution < 1.29 is 19.1 Å². The summed E-state index contributed by atoms with van der Waals surface area (Å²) < 4.78 is 10.6. The van der Waals surface area contributed by atoms with E-state index in [0.29, 0.717) is 13.1 Å². The summed E-state index contributed by atoms with van der Waals surface area (Å²) in [5, 5.41) is 5.85. The Morgan fingerprint density at radius 1 is 1.12 bits per heavy atom. The topological polar surface area (TPSA) is 76.7 Å². The molecule has 0 aliphatic heterocycles. The molecule has 1 aromatic carbocycles. The molecular weight excluding hydrogens is 332 g/mol. The highest BCUT2D eigenvalue weighted by Gasteiger charge is 2.25. The first-order valence-electron chi connectivity index (χ1n) is 9.13. The van der Waals surface area contributed by atoms with Crippen molar-refractivity contribution >= 4 is 12.1 Å². The molecule has 0 spiro atoms. The predicted molar refractivity (Wildman–Crippen MR) is 102 cm³/mol. The lowest BCUT2D eigenvalue weighted by molar-refractivity contribution is -0.149. The largest absolute Gasteiger partial charge is 0.460 e. The van der Waals surface area contributed by atoms with Crippen LogP contribution < -0.4 is 10.6 Å². The van der Waals surface area contributed by atoms with E-state index in [1.54, 1.807) is 0 Å². The fourth-order valence-electron chi connectivity index (χ4n) is 2.28. The van der Waals surface area contributed by atoms with Gasteiger partial charge in [-0.05, 0) is 32.3 Å². The second-order valence-electron chi connectivity index (χ2n) is 7.34. The number of alkyl carbamates (subject to hydrolysis) is 1. The molecule has 6 heteroatoms. The summed E-state index contributed by atoms with van der Waals surface area (Å²) >= 11 is 0. The zero-order valence-electron chi connectivity index (χ0n) is 16.5. The van der Waals surface area contributed by atoms with Gasteiger partial charge in [-0.15, -0.1) is 0 Å². The Morgan fingerprint density at radius 2 is 1.77 bits per heavy atom. The Labute approximate surface area is 156 Å². The van der Waals surface area contributed by atoms with E-state index in [9.17, 15) is 9.59 Å². The number of hydrogen-bond acceptors (Lipinski definition) is 5. The van der Waals surface area contributed by atoms with Gasteiger partial charge in [0, 0.05) is 13.1 Å². The minimum Gasteiger partial charge on any atom is -0.460 e. The molecule has 146 valence electrons. The van der Waals surface area contributed by atoms with Gasteiger partial charge in [0.05, 0.1) is 0 Å². The van der Waals surface area contributed by atoms with Crippen molar-refractivity contribution in [3.05, 3.63) is 35.9 Å². The van der Waals surface area contributed by atoms with Gasteiger partial charge in [0.1, 0.15) is 18.2 Å². The van der Waals surface area contributed by atoms with Crippen molar-refractivity contribution in [2.24, 2.45) is 5.92 Å². The van der Waals surface area contributed by atoms with E-state index in [0.717, 1.165) is 12.0 Å². The summed E-state index contributed by atoms with van der Waals surface area (Å²) in [4.78, 5) is 24.1. The highest BCUT2D eigenvalue weighted by atomic mass is 16.6. The van der Waals surface area contributed by atoms with Crippen LogP contribution in [0.2, 0.25) is 0 Å². The summed E-state index contributed by atoms with van der Waals surface area (Å²) in [5.41, 5.74) is 0.424. The SMILES string of the molecule is CC[C@H](C)[C@H](NCCNC(=O)OC(C)(C)C)C(=O)OCc1ccccc1. The molecule has 0 unspecified atom stereocenters. The van der Waals surface area contributed by atoms with Crippen LogP contribution in [0.25, 0.3) is 0 Å². The summed E-state index contributed by atoms with van der Waals surface area (Å²) in [6, 6.07) is 9.18. The molecule has 1 aromatic rings. The van der Waals surface area contributed by atoms with Crippen molar-refractivity contribution in [1.82, 2.24) is 10.6 Å². The zero-order chi connectivity index (χ0) is 19.6. The molecule has 1 rings (SSSR count). The number of rotatable bonds is 9. The molecule has 0 heterocycles. The number of ether oxygens (including phenoxy) is 2. The third kappa shape index (κ3) is 8.85. The number of amides is 1. The lowest BCUT2D eigenvalue weighted by Crippen LogP contribution is -2.46. The third-order valence-corrected chi connectivity index (χ3v) is 3.85. The highest BCUT2D eigenvalue weighted by Crippen LogP contribution is 2.11. The molecule has 2 atom stereocenters. The molecule has 0 aromatic heterocycles. The van der Waals surface area contributed by atoms with Gasteiger partial charge in [-0.3, -0.25) is 4.79 Å². The second kappa shape index (κ2) is 10.8. The lowest BCUT2D eigenvalue weighted by atomic mass is 9.99. The van der Waals surface area contributed by atoms with Crippen molar-refractivity contribution in [2.75, 3.05) is 13.1 Å². The summed E-state index contributed by atoms with van der Waals surface area (Å²) in [6.07, 6.45) is 0.378. The van der Waals surface area contributed by atoms with Gasteiger partial charge in [-0.1, -0.05) is 50.6 Å². The maximum Gasteiger partial charge on any atom is 0.407 e. The number of carbonyl (C=O) groups is 2. The Hall–Kier alpha value is -2.08. The van der Waals surface area contributed by atoms with Crippen LogP contribution in [0.4, 0.5) is 4.79 Å². The van der Waals surface area contributed by atoms with Gasteiger partial charge in [0.2, 0.25) is 0 Å².